The average Bonchev–Trinajstić information content (AvgIpc) is 0.972. The number of aliphatic hydroxyl groups excluding tert-OH is 1. The van der Waals surface area contributed by atoms with Crippen molar-refractivity contribution in [2.75, 3.05) is 39.6 Å². The predicted octanol–water partition coefficient (Wildman–Crippen LogP) is 23.9. The van der Waals surface area contributed by atoms with E-state index >= 15 is 0 Å². The monoisotopic (exact) mass is 1450 g/mol. The molecule has 0 fully saturated rings. The number of carbonyl (C=O) groups excluding carboxylic acids is 4. The molecule has 0 saturated carbocycles. The fourth-order valence-electron chi connectivity index (χ4n) is 12.3. The van der Waals surface area contributed by atoms with Crippen LogP contribution in [0.25, 0.3) is 0 Å². The summed E-state index contributed by atoms with van der Waals surface area (Å²) in [7, 11) is -9.92. The number of phosphoric ester groups is 2. The van der Waals surface area contributed by atoms with E-state index in [9.17, 15) is 43.2 Å². The molecule has 0 aliphatic carbocycles. The summed E-state index contributed by atoms with van der Waals surface area (Å²) in [6.45, 7) is 9.65. The Morgan fingerprint density at radius 2 is 0.485 bits per heavy atom. The number of unbranched alkanes of at least 4 members (excludes halogenated alkanes) is 47. The molecule has 3 N–H and O–H groups in total. The summed E-state index contributed by atoms with van der Waals surface area (Å²) in [6.07, 6.45) is 61.0. The maximum absolute atomic E-state index is 13.1. The van der Waals surface area contributed by atoms with E-state index < -0.39 is 97.5 Å². The van der Waals surface area contributed by atoms with Crippen LogP contribution < -0.4 is 0 Å². The van der Waals surface area contributed by atoms with Crippen LogP contribution in [0.2, 0.25) is 0 Å². The molecule has 0 heterocycles. The highest BCUT2D eigenvalue weighted by molar-refractivity contribution is 7.47. The van der Waals surface area contributed by atoms with Gasteiger partial charge in [-0.25, -0.2) is 9.13 Å². The van der Waals surface area contributed by atoms with E-state index in [1.807, 2.05) is 0 Å². The first kappa shape index (κ1) is 97.1. The lowest BCUT2D eigenvalue weighted by Crippen LogP contribution is -2.30. The minimum Gasteiger partial charge on any atom is -0.462 e. The van der Waals surface area contributed by atoms with Gasteiger partial charge in [0.25, 0.3) is 0 Å². The Morgan fingerprint density at radius 1 is 0.283 bits per heavy atom. The highest BCUT2D eigenvalue weighted by Crippen LogP contribution is 2.45. The van der Waals surface area contributed by atoms with Crippen molar-refractivity contribution in [2.24, 2.45) is 11.8 Å². The molecule has 0 bridgehead atoms. The maximum atomic E-state index is 13.1. The number of rotatable bonds is 79. The third kappa shape index (κ3) is 71.5. The molecule has 7 atom stereocenters. The van der Waals surface area contributed by atoms with Crippen molar-refractivity contribution in [1.29, 1.82) is 0 Å². The Labute approximate surface area is 607 Å². The van der Waals surface area contributed by atoms with Gasteiger partial charge >= 0.3 is 39.5 Å². The average molecular weight is 1450 g/mol. The Morgan fingerprint density at radius 3 is 0.717 bits per heavy atom. The zero-order valence-corrected chi connectivity index (χ0v) is 66.6. The van der Waals surface area contributed by atoms with Gasteiger partial charge in [-0.1, -0.05) is 369 Å². The molecule has 588 valence electrons. The molecule has 99 heavy (non-hydrogen) atoms. The van der Waals surface area contributed by atoms with Crippen LogP contribution in [0.4, 0.5) is 0 Å². The SMILES string of the molecule is CCCCCCCCCCCCCCCCCC(=O)OC[C@H](COP(=O)(O)OC[C@@H](O)COP(=O)(O)OC[C@@H](COC(=O)CCCCCCCCC(C)CC)OC(=O)CCCCCCCCCCCCCC)OC(=O)CCCCCCCCCCCCCCCCCCCCC(C)CC. The van der Waals surface area contributed by atoms with Crippen LogP contribution in [-0.2, 0) is 65.4 Å². The van der Waals surface area contributed by atoms with Crippen LogP contribution in [0.1, 0.15) is 420 Å². The molecule has 0 aliphatic rings. The summed E-state index contributed by atoms with van der Waals surface area (Å²) < 4.78 is 68.6. The summed E-state index contributed by atoms with van der Waals surface area (Å²) in [5.41, 5.74) is 0. The number of aliphatic hydroxyl groups is 1. The van der Waals surface area contributed by atoms with Crippen LogP contribution in [0, 0.1) is 11.8 Å². The van der Waals surface area contributed by atoms with Crippen LogP contribution in [0.5, 0.6) is 0 Å². The van der Waals surface area contributed by atoms with E-state index in [4.69, 9.17) is 37.0 Å². The minimum absolute atomic E-state index is 0.107. The Hall–Kier alpha value is -1.94. The van der Waals surface area contributed by atoms with Gasteiger partial charge in [-0.05, 0) is 37.5 Å². The van der Waals surface area contributed by atoms with Crippen molar-refractivity contribution in [1.82, 2.24) is 0 Å². The van der Waals surface area contributed by atoms with Crippen molar-refractivity contribution in [2.45, 2.75) is 439 Å². The lowest BCUT2D eigenvalue weighted by molar-refractivity contribution is -0.161. The number of hydrogen-bond acceptors (Lipinski definition) is 15. The molecule has 0 amide bonds. The van der Waals surface area contributed by atoms with E-state index in [1.54, 1.807) is 0 Å². The number of hydrogen-bond donors (Lipinski definition) is 3. The zero-order chi connectivity index (χ0) is 72.8. The van der Waals surface area contributed by atoms with Crippen LogP contribution in [0.3, 0.4) is 0 Å². The topological polar surface area (TPSA) is 237 Å². The number of esters is 4. The first-order chi connectivity index (χ1) is 47.9. The number of phosphoric acid groups is 2. The highest BCUT2D eigenvalue weighted by atomic mass is 31.2. The third-order valence-corrected chi connectivity index (χ3v) is 21.3. The summed E-state index contributed by atoms with van der Waals surface area (Å²) in [6, 6.07) is 0. The van der Waals surface area contributed by atoms with Crippen LogP contribution in [0.15, 0.2) is 0 Å². The van der Waals surface area contributed by atoms with Gasteiger partial charge in [0.2, 0.25) is 0 Å². The van der Waals surface area contributed by atoms with Crippen molar-refractivity contribution in [3.05, 3.63) is 0 Å². The van der Waals surface area contributed by atoms with E-state index in [2.05, 4.69) is 41.5 Å². The largest absolute Gasteiger partial charge is 0.472 e. The van der Waals surface area contributed by atoms with Gasteiger partial charge < -0.3 is 33.8 Å². The van der Waals surface area contributed by atoms with Gasteiger partial charge in [-0.3, -0.25) is 37.3 Å². The lowest BCUT2D eigenvalue weighted by Gasteiger charge is -2.21. The summed E-state index contributed by atoms with van der Waals surface area (Å²) in [5.74, 6) is -0.508. The lowest BCUT2D eigenvalue weighted by atomic mass is 9.99. The normalized spacial score (nSPS) is 14.5. The summed E-state index contributed by atoms with van der Waals surface area (Å²) in [5, 5.41) is 10.6. The Balaban J connectivity index is 5.21. The van der Waals surface area contributed by atoms with Crippen molar-refractivity contribution in [3.8, 4) is 0 Å². The molecule has 0 saturated heterocycles. The third-order valence-electron chi connectivity index (χ3n) is 19.4. The molecule has 4 unspecified atom stereocenters. The van der Waals surface area contributed by atoms with E-state index in [0.717, 1.165) is 108 Å². The quantitative estimate of drug-likeness (QED) is 0.0222. The molecule has 17 nitrogen and oxygen atoms in total. The zero-order valence-electron chi connectivity index (χ0n) is 64.8. The van der Waals surface area contributed by atoms with E-state index in [0.29, 0.717) is 25.7 Å². The van der Waals surface area contributed by atoms with Crippen LogP contribution >= 0.6 is 15.6 Å². The second-order valence-corrected chi connectivity index (χ2v) is 32.2. The number of carbonyl (C=O) groups is 4. The first-order valence-electron chi connectivity index (χ1n) is 41.6. The number of ether oxygens (including phenoxy) is 4. The molecule has 0 aromatic heterocycles. The highest BCUT2D eigenvalue weighted by Gasteiger charge is 2.30. The van der Waals surface area contributed by atoms with E-state index in [-0.39, 0.29) is 25.7 Å². The maximum Gasteiger partial charge on any atom is 0.472 e. The molecule has 0 aromatic rings. The summed E-state index contributed by atoms with van der Waals surface area (Å²) >= 11 is 0. The second-order valence-electron chi connectivity index (χ2n) is 29.3. The fourth-order valence-corrected chi connectivity index (χ4v) is 13.9. The summed E-state index contributed by atoms with van der Waals surface area (Å²) in [4.78, 5) is 72.9. The van der Waals surface area contributed by atoms with Crippen molar-refractivity contribution >= 4 is 39.5 Å². The molecule has 0 rings (SSSR count). The van der Waals surface area contributed by atoms with Gasteiger partial charge in [0.05, 0.1) is 26.4 Å². The molecular formula is C80H156O17P2. The second kappa shape index (κ2) is 71.7. The molecular weight excluding hydrogens is 1290 g/mol. The first-order valence-corrected chi connectivity index (χ1v) is 44.6. The molecule has 0 aromatic carbocycles. The Bertz CT molecular complexity index is 1910. The van der Waals surface area contributed by atoms with E-state index in [1.165, 1.54) is 231 Å². The van der Waals surface area contributed by atoms with Gasteiger partial charge in [0.15, 0.2) is 12.2 Å². The smallest absolute Gasteiger partial charge is 0.462 e. The van der Waals surface area contributed by atoms with Gasteiger partial charge in [0, 0.05) is 25.7 Å². The molecule has 19 heteroatoms. The molecule has 0 spiro atoms. The standard InChI is InChI=1S/C80H156O17P2/c1-7-11-13-15-17-19-21-23-28-32-36-39-43-50-56-62-77(82)90-68-75(96-80(85)65-59-53-45-41-37-33-30-27-25-24-26-29-31-34-38-42-48-54-60-72(5)9-3)70-94-98(86,87)92-66-74(81)67-93-99(88,89)95-71-76(69-91-78(83)63-57-51-47-46-49-55-61-73(6)10-4)97-79(84)64-58-52-44-40-35-22-20-18-16-14-12-8-2/h72-76,81H,7-71H2,1-6H3,(H,86,87)(H,88,89)/t72?,73?,74-,75-,76-/m1/s1. The van der Waals surface area contributed by atoms with Gasteiger partial charge in [-0.15, -0.1) is 0 Å². The Kier molecular flexibility index (Phi) is 70.3. The fraction of sp³-hybridized carbons (Fsp3) is 0.950. The molecule has 0 aliphatic heterocycles. The van der Waals surface area contributed by atoms with Crippen molar-refractivity contribution in [3.63, 3.8) is 0 Å². The van der Waals surface area contributed by atoms with Gasteiger partial charge in [-0.2, -0.15) is 0 Å². The van der Waals surface area contributed by atoms with Gasteiger partial charge in [0.1, 0.15) is 19.3 Å². The van der Waals surface area contributed by atoms with Crippen molar-refractivity contribution < 1.29 is 80.2 Å². The molecule has 0 radical (unpaired) electrons. The minimum atomic E-state index is -4.96. The van der Waals surface area contributed by atoms with Crippen LogP contribution in [-0.4, -0.2) is 96.7 Å². The predicted molar refractivity (Wildman–Crippen MR) is 405 cm³/mol.